The molecule has 0 aromatic carbocycles. The molecule has 0 radical (unpaired) electrons. The fourth-order valence-corrected chi connectivity index (χ4v) is 1.93. The molecule has 0 saturated heterocycles. The number of thiocarbonyl (C=S) groups is 1. The Morgan fingerprint density at radius 3 is 2.67 bits per heavy atom. The Labute approximate surface area is 129 Å². The van der Waals surface area contributed by atoms with Crippen molar-refractivity contribution < 1.29 is 9.53 Å². The van der Waals surface area contributed by atoms with E-state index in [0.29, 0.717) is 31.0 Å². The normalized spacial score (nSPS) is 10.2. The number of nitrogens with zero attached hydrogens (tertiary/aromatic N) is 2. The van der Waals surface area contributed by atoms with Crippen molar-refractivity contribution in [2.45, 2.75) is 26.8 Å². The quantitative estimate of drug-likeness (QED) is 0.718. The van der Waals surface area contributed by atoms with Crippen LogP contribution in [0.15, 0.2) is 23.1 Å². The van der Waals surface area contributed by atoms with E-state index in [9.17, 15) is 9.59 Å². The Kier molecular flexibility index (Phi) is 6.87. The lowest BCUT2D eigenvalue weighted by Crippen LogP contribution is -2.35. The molecule has 2 N–H and O–H groups in total. The molecule has 1 aromatic rings. The van der Waals surface area contributed by atoms with Gasteiger partial charge in [0.05, 0.1) is 4.99 Å². The molecular formula is C14H21N3O3S. The van der Waals surface area contributed by atoms with Crippen LogP contribution in [0.3, 0.4) is 0 Å². The van der Waals surface area contributed by atoms with Gasteiger partial charge in [-0.25, -0.2) is 0 Å². The Morgan fingerprint density at radius 1 is 1.43 bits per heavy atom. The van der Waals surface area contributed by atoms with Crippen molar-refractivity contribution >= 4 is 23.1 Å². The van der Waals surface area contributed by atoms with E-state index >= 15 is 0 Å². The van der Waals surface area contributed by atoms with E-state index in [1.54, 1.807) is 23.2 Å². The lowest BCUT2D eigenvalue weighted by molar-refractivity contribution is -0.133. The summed E-state index contributed by atoms with van der Waals surface area (Å²) in [5, 5.41) is 0. The molecule has 0 aliphatic carbocycles. The summed E-state index contributed by atoms with van der Waals surface area (Å²) < 4.78 is 6.81. The first kappa shape index (κ1) is 17.2. The zero-order valence-corrected chi connectivity index (χ0v) is 13.2. The van der Waals surface area contributed by atoms with Crippen molar-refractivity contribution in [3.8, 4) is 5.75 Å². The van der Waals surface area contributed by atoms with Gasteiger partial charge >= 0.3 is 0 Å². The fraction of sp³-hybridized carbons (Fsp3) is 0.500. The summed E-state index contributed by atoms with van der Waals surface area (Å²) in [4.78, 5) is 26.0. The number of likely N-dealkylation sites (N-methyl/N-ethyl adjacent to an activating group) is 1. The summed E-state index contributed by atoms with van der Waals surface area (Å²) in [5.74, 6) is 0.0129. The summed E-state index contributed by atoms with van der Waals surface area (Å²) in [5.41, 5.74) is 5.13. The van der Waals surface area contributed by atoms with E-state index in [1.807, 2.05) is 13.8 Å². The van der Waals surface area contributed by atoms with Gasteiger partial charge in [-0.05, 0) is 26.0 Å². The van der Waals surface area contributed by atoms with Crippen molar-refractivity contribution in [2.75, 3.05) is 19.7 Å². The second kappa shape index (κ2) is 8.41. The number of amides is 1. The monoisotopic (exact) mass is 311 g/mol. The third kappa shape index (κ3) is 5.18. The van der Waals surface area contributed by atoms with Crippen LogP contribution >= 0.6 is 12.2 Å². The number of hydrogen-bond acceptors (Lipinski definition) is 4. The van der Waals surface area contributed by atoms with E-state index in [1.165, 1.54) is 4.57 Å². The highest BCUT2D eigenvalue weighted by molar-refractivity contribution is 7.80. The van der Waals surface area contributed by atoms with Gasteiger partial charge in [-0.2, -0.15) is 0 Å². The number of ether oxygens (including phenoxy) is 1. The zero-order chi connectivity index (χ0) is 15.8. The average molecular weight is 311 g/mol. The highest BCUT2D eigenvalue weighted by Crippen LogP contribution is 2.03. The van der Waals surface area contributed by atoms with Crippen LogP contribution in [0.25, 0.3) is 0 Å². The first-order chi connectivity index (χ1) is 9.99. The Hall–Kier alpha value is -1.89. The molecule has 1 heterocycles. The van der Waals surface area contributed by atoms with Crippen molar-refractivity contribution in [1.82, 2.24) is 9.47 Å². The van der Waals surface area contributed by atoms with E-state index in [4.69, 9.17) is 22.7 Å². The molecule has 0 atom stereocenters. The van der Waals surface area contributed by atoms with Crippen LogP contribution < -0.4 is 16.0 Å². The predicted octanol–water partition coefficient (Wildman–Crippen LogP) is 0.772. The molecule has 0 aliphatic heterocycles. The topological polar surface area (TPSA) is 77.6 Å². The molecule has 21 heavy (non-hydrogen) atoms. The third-order valence-electron chi connectivity index (χ3n) is 3.05. The van der Waals surface area contributed by atoms with Gasteiger partial charge in [0.25, 0.3) is 11.5 Å². The van der Waals surface area contributed by atoms with Crippen molar-refractivity contribution in [2.24, 2.45) is 5.73 Å². The summed E-state index contributed by atoms with van der Waals surface area (Å²) >= 11 is 4.79. The second-order valence-corrected chi connectivity index (χ2v) is 4.97. The van der Waals surface area contributed by atoms with Gasteiger partial charge < -0.3 is 19.9 Å². The Bertz CT molecular complexity index is 553. The molecule has 0 saturated carbocycles. The van der Waals surface area contributed by atoms with Crippen LogP contribution in [0.1, 0.15) is 20.3 Å². The molecule has 6 nitrogen and oxygen atoms in total. The highest BCUT2D eigenvalue weighted by Gasteiger charge is 2.12. The van der Waals surface area contributed by atoms with Gasteiger partial charge in [-0.15, -0.1) is 0 Å². The summed E-state index contributed by atoms with van der Waals surface area (Å²) in [7, 11) is 0. The van der Waals surface area contributed by atoms with Crippen molar-refractivity contribution in [3.63, 3.8) is 0 Å². The average Bonchev–Trinajstić information content (AvgIpc) is 2.46. The first-order valence-electron chi connectivity index (χ1n) is 6.87. The first-order valence-corrected chi connectivity index (χ1v) is 7.28. The van der Waals surface area contributed by atoms with Gasteiger partial charge in [0.2, 0.25) is 0 Å². The van der Waals surface area contributed by atoms with E-state index in [-0.39, 0.29) is 23.8 Å². The number of rotatable bonds is 8. The smallest absolute Gasteiger partial charge is 0.292 e. The molecule has 0 spiro atoms. The van der Waals surface area contributed by atoms with Gasteiger partial charge in [0, 0.05) is 32.3 Å². The lowest BCUT2D eigenvalue weighted by atomic mass is 10.4. The number of aromatic nitrogens is 1. The van der Waals surface area contributed by atoms with Gasteiger partial charge in [-0.3, -0.25) is 9.59 Å². The number of hydrogen-bond donors (Lipinski definition) is 1. The zero-order valence-electron chi connectivity index (χ0n) is 12.4. The van der Waals surface area contributed by atoms with Crippen LogP contribution in [0.2, 0.25) is 0 Å². The molecule has 1 rings (SSSR count). The molecule has 1 amide bonds. The number of aryl methyl sites for hydroxylation is 1. The molecule has 7 heteroatoms. The van der Waals surface area contributed by atoms with Crippen LogP contribution in [-0.2, 0) is 11.3 Å². The fourth-order valence-electron chi connectivity index (χ4n) is 1.84. The van der Waals surface area contributed by atoms with Crippen LogP contribution in [0.4, 0.5) is 0 Å². The predicted molar refractivity (Wildman–Crippen MR) is 85.5 cm³/mol. The van der Waals surface area contributed by atoms with E-state index < -0.39 is 0 Å². The highest BCUT2D eigenvalue weighted by atomic mass is 32.1. The van der Waals surface area contributed by atoms with Crippen LogP contribution in [0, 0.1) is 0 Å². The minimum absolute atomic E-state index is 0.141. The third-order valence-corrected chi connectivity index (χ3v) is 3.26. The van der Waals surface area contributed by atoms with Crippen molar-refractivity contribution in [1.29, 1.82) is 0 Å². The van der Waals surface area contributed by atoms with Crippen molar-refractivity contribution in [3.05, 3.63) is 28.7 Å². The molecule has 1 aromatic heterocycles. The van der Waals surface area contributed by atoms with Crippen LogP contribution in [-0.4, -0.2) is 40.1 Å². The molecule has 0 unspecified atom stereocenters. The number of nitrogens with two attached hydrogens (primary N) is 1. The lowest BCUT2D eigenvalue weighted by Gasteiger charge is -2.18. The Balaban J connectivity index is 2.72. The maximum atomic E-state index is 12.1. The summed E-state index contributed by atoms with van der Waals surface area (Å²) in [6.45, 7) is 5.28. The minimum atomic E-state index is -0.291. The number of pyridine rings is 1. The summed E-state index contributed by atoms with van der Waals surface area (Å²) in [6.07, 6.45) is 2.08. The van der Waals surface area contributed by atoms with Gasteiger partial charge in [0.15, 0.2) is 12.4 Å². The summed E-state index contributed by atoms with van der Waals surface area (Å²) in [6, 6.07) is 3.24. The SMILES string of the molecule is CCN(CC)C(=O)COc1cccn(CCC(N)=S)c1=O. The van der Waals surface area contributed by atoms with Crippen LogP contribution in [0.5, 0.6) is 5.75 Å². The molecular weight excluding hydrogens is 290 g/mol. The maximum absolute atomic E-state index is 12.1. The molecule has 0 bridgehead atoms. The standard InChI is InChI=1S/C14H21N3O3S/c1-3-16(4-2)13(18)10-20-11-6-5-8-17(14(11)19)9-7-12(15)21/h5-6,8H,3-4,7,9-10H2,1-2H3,(H2,15,21). The molecule has 0 aliphatic rings. The molecule has 116 valence electrons. The molecule has 0 fully saturated rings. The maximum Gasteiger partial charge on any atom is 0.292 e. The van der Waals surface area contributed by atoms with E-state index in [0.717, 1.165) is 0 Å². The van der Waals surface area contributed by atoms with Gasteiger partial charge in [-0.1, -0.05) is 12.2 Å². The Morgan fingerprint density at radius 2 is 2.10 bits per heavy atom. The number of carbonyl (C=O) groups is 1. The van der Waals surface area contributed by atoms with Gasteiger partial charge in [0.1, 0.15) is 0 Å². The second-order valence-electron chi connectivity index (χ2n) is 4.44. The largest absolute Gasteiger partial charge is 0.478 e. The van der Waals surface area contributed by atoms with E-state index in [2.05, 4.69) is 0 Å². The minimum Gasteiger partial charge on any atom is -0.478 e. The number of carbonyl (C=O) groups excluding carboxylic acids is 1.